The molecule has 0 aliphatic heterocycles. The molecule has 0 bridgehead atoms. The average Bonchev–Trinajstić information content (AvgIpc) is 2.32. The molecule has 98 valence electrons. The molecule has 0 radical (unpaired) electrons. The van der Waals surface area contributed by atoms with E-state index >= 15 is 0 Å². The number of benzene rings is 1. The number of halogens is 3. The molecule has 6 heteroatoms. The molecule has 0 saturated heterocycles. The summed E-state index contributed by atoms with van der Waals surface area (Å²) in [5.74, 6) is -0.821. The Hall–Kier alpha value is -1.65. The van der Waals surface area contributed by atoms with Crippen LogP contribution in [0.5, 0.6) is 0 Å². The molecule has 1 aromatic carbocycles. The van der Waals surface area contributed by atoms with E-state index in [1.165, 1.54) is 18.2 Å². The van der Waals surface area contributed by atoms with Gasteiger partial charge >= 0.3 is 0 Å². The lowest BCUT2D eigenvalue weighted by Crippen LogP contribution is -2.12. The molecule has 0 aliphatic rings. The van der Waals surface area contributed by atoms with Crippen molar-refractivity contribution in [3.05, 3.63) is 57.6 Å². The van der Waals surface area contributed by atoms with E-state index in [1.807, 2.05) is 0 Å². The number of nitrogens with one attached hydrogen (secondary N) is 1. The van der Waals surface area contributed by atoms with Crippen molar-refractivity contribution in [2.45, 2.75) is 6.92 Å². The highest BCUT2D eigenvalue weighted by molar-refractivity contribution is 6.33. The Kier molecular flexibility index (Phi) is 4.02. The third kappa shape index (κ3) is 3.43. The number of pyridine rings is 1. The first-order valence-corrected chi connectivity index (χ1v) is 6.12. The van der Waals surface area contributed by atoms with Gasteiger partial charge < -0.3 is 5.32 Å². The zero-order valence-corrected chi connectivity index (χ0v) is 11.4. The number of carbonyl (C=O) groups is 1. The number of amides is 1. The lowest BCUT2D eigenvalue weighted by atomic mass is 10.2. The summed E-state index contributed by atoms with van der Waals surface area (Å²) < 4.78 is 13.4. The molecule has 0 unspecified atom stereocenters. The van der Waals surface area contributed by atoms with Gasteiger partial charge in [0.2, 0.25) is 0 Å². The lowest BCUT2D eigenvalue weighted by Gasteiger charge is -2.07. The van der Waals surface area contributed by atoms with E-state index in [0.717, 1.165) is 0 Å². The molecule has 19 heavy (non-hydrogen) atoms. The summed E-state index contributed by atoms with van der Waals surface area (Å²) in [5, 5.41) is 2.79. The van der Waals surface area contributed by atoms with Crippen molar-refractivity contribution in [2.24, 2.45) is 0 Å². The van der Waals surface area contributed by atoms with E-state index in [4.69, 9.17) is 23.2 Å². The predicted molar refractivity (Wildman–Crippen MR) is 73.3 cm³/mol. The fourth-order valence-electron chi connectivity index (χ4n) is 1.47. The van der Waals surface area contributed by atoms with Gasteiger partial charge in [-0.05, 0) is 36.8 Å². The fourth-order valence-corrected chi connectivity index (χ4v) is 1.93. The molecule has 1 aromatic heterocycles. The van der Waals surface area contributed by atoms with Crippen molar-refractivity contribution in [1.82, 2.24) is 4.98 Å². The first-order valence-electron chi connectivity index (χ1n) is 5.36. The van der Waals surface area contributed by atoms with Crippen LogP contribution in [0.2, 0.25) is 10.3 Å². The number of hydrogen-bond donors (Lipinski definition) is 1. The zero-order chi connectivity index (χ0) is 14.0. The second-order valence-corrected chi connectivity index (χ2v) is 4.69. The highest BCUT2D eigenvalue weighted by atomic mass is 35.5. The third-order valence-electron chi connectivity index (χ3n) is 2.45. The minimum absolute atomic E-state index is 0.118. The number of carbonyl (C=O) groups excluding carboxylic acids is 1. The molecule has 0 aliphatic carbocycles. The van der Waals surface area contributed by atoms with Crippen LogP contribution in [0.1, 0.15) is 15.9 Å². The molecule has 1 N–H and O–H groups in total. The second kappa shape index (κ2) is 5.55. The van der Waals surface area contributed by atoms with Crippen molar-refractivity contribution in [2.75, 3.05) is 5.32 Å². The highest BCUT2D eigenvalue weighted by Gasteiger charge is 2.10. The molecule has 2 aromatic rings. The Labute approximate surface area is 119 Å². The van der Waals surface area contributed by atoms with Crippen molar-refractivity contribution < 1.29 is 9.18 Å². The van der Waals surface area contributed by atoms with Gasteiger partial charge in [-0.15, -0.1) is 0 Å². The second-order valence-electron chi connectivity index (χ2n) is 3.92. The van der Waals surface area contributed by atoms with E-state index in [1.54, 1.807) is 19.1 Å². The average molecular weight is 299 g/mol. The number of aryl methyl sites for hydroxylation is 1. The lowest BCUT2D eigenvalue weighted by molar-refractivity contribution is 0.102. The van der Waals surface area contributed by atoms with Crippen LogP contribution in [-0.2, 0) is 0 Å². The molecule has 1 amide bonds. The van der Waals surface area contributed by atoms with Crippen molar-refractivity contribution in [3.8, 4) is 0 Å². The molecule has 1 heterocycles. The van der Waals surface area contributed by atoms with Gasteiger partial charge in [-0.2, -0.15) is 0 Å². The van der Waals surface area contributed by atoms with E-state index in [-0.39, 0.29) is 21.7 Å². The summed E-state index contributed by atoms with van der Waals surface area (Å²) in [6, 6.07) is 7.20. The summed E-state index contributed by atoms with van der Waals surface area (Å²) in [6.07, 6.45) is 0. The molecule has 0 saturated carbocycles. The van der Waals surface area contributed by atoms with Crippen LogP contribution in [0.4, 0.5) is 10.1 Å². The normalized spacial score (nSPS) is 10.3. The fraction of sp³-hybridized carbons (Fsp3) is 0.0769. The molecule has 3 nitrogen and oxygen atoms in total. The number of nitrogens with zero attached hydrogens (tertiary/aromatic N) is 1. The first-order chi connectivity index (χ1) is 8.95. The van der Waals surface area contributed by atoms with Crippen LogP contribution in [0.15, 0.2) is 30.3 Å². The van der Waals surface area contributed by atoms with Crippen LogP contribution in [0.25, 0.3) is 0 Å². The quantitative estimate of drug-likeness (QED) is 0.849. The smallest absolute Gasteiger partial charge is 0.255 e. The molecule has 0 spiro atoms. The van der Waals surface area contributed by atoms with Gasteiger partial charge in [-0.3, -0.25) is 4.79 Å². The molecule has 2 rings (SSSR count). The van der Waals surface area contributed by atoms with E-state index < -0.39 is 5.91 Å². The summed E-state index contributed by atoms with van der Waals surface area (Å²) >= 11 is 11.4. The maximum absolute atomic E-state index is 13.4. The topological polar surface area (TPSA) is 42.0 Å². The molecular formula is C13H9Cl2FN2O. The van der Waals surface area contributed by atoms with E-state index in [9.17, 15) is 9.18 Å². The highest BCUT2D eigenvalue weighted by Crippen LogP contribution is 2.18. The van der Waals surface area contributed by atoms with Crippen molar-refractivity contribution in [3.63, 3.8) is 0 Å². The van der Waals surface area contributed by atoms with Crippen LogP contribution in [0.3, 0.4) is 0 Å². The molecule has 0 fully saturated rings. The largest absolute Gasteiger partial charge is 0.322 e. The Bertz CT molecular complexity index is 626. The number of rotatable bonds is 2. The minimum Gasteiger partial charge on any atom is -0.322 e. The van der Waals surface area contributed by atoms with Crippen LogP contribution < -0.4 is 5.32 Å². The van der Waals surface area contributed by atoms with Crippen molar-refractivity contribution in [1.29, 1.82) is 0 Å². The van der Waals surface area contributed by atoms with Gasteiger partial charge in [0.15, 0.2) is 0 Å². The maximum Gasteiger partial charge on any atom is 0.255 e. The Morgan fingerprint density at radius 3 is 2.42 bits per heavy atom. The van der Waals surface area contributed by atoms with Crippen LogP contribution in [0, 0.1) is 12.7 Å². The minimum atomic E-state index is -0.436. The van der Waals surface area contributed by atoms with E-state index in [0.29, 0.717) is 11.3 Å². The van der Waals surface area contributed by atoms with Crippen LogP contribution in [-0.4, -0.2) is 10.9 Å². The predicted octanol–water partition coefficient (Wildman–Crippen LogP) is 4.09. The standard InChI is InChI=1S/C13H9Cl2FN2O/c1-7-2-3-9(6-10(7)16)17-13(19)8-4-11(14)18-12(15)5-8/h2-6H,1H3,(H,17,19). The number of aromatic nitrogens is 1. The first kappa shape index (κ1) is 13.8. The van der Waals surface area contributed by atoms with Gasteiger partial charge in [0.05, 0.1) is 0 Å². The zero-order valence-electron chi connectivity index (χ0n) is 9.88. The van der Waals surface area contributed by atoms with Crippen LogP contribution >= 0.6 is 23.2 Å². The summed E-state index contributed by atoms with van der Waals surface area (Å²) in [4.78, 5) is 15.7. The van der Waals surface area contributed by atoms with E-state index in [2.05, 4.69) is 10.3 Å². The number of hydrogen-bond acceptors (Lipinski definition) is 2. The summed E-state index contributed by atoms with van der Waals surface area (Å²) in [6.45, 7) is 1.64. The maximum atomic E-state index is 13.4. The molecular weight excluding hydrogens is 290 g/mol. The third-order valence-corrected chi connectivity index (χ3v) is 2.84. The SMILES string of the molecule is Cc1ccc(NC(=O)c2cc(Cl)nc(Cl)c2)cc1F. The van der Waals surface area contributed by atoms with Gasteiger partial charge in [-0.1, -0.05) is 29.3 Å². The van der Waals surface area contributed by atoms with Gasteiger partial charge in [-0.25, -0.2) is 9.37 Å². The monoisotopic (exact) mass is 298 g/mol. The van der Waals surface area contributed by atoms with Gasteiger partial charge in [0.1, 0.15) is 16.1 Å². The summed E-state index contributed by atoms with van der Waals surface area (Å²) in [7, 11) is 0. The van der Waals surface area contributed by atoms with Crippen molar-refractivity contribution >= 4 is 34.8 Å². The Morgan fingerprint density at radius 2 is 1.84 bits per heavy atom. The Morgan fingerprint density at radius 1 is 1.21 bits per heavy atom. The number of anilines is 1. The Balaban J connectivity index is 2.22. The van der Waals surface area contributed by atoms with Gasteiger partial charge in [0, 0.05) is 11.3 Å². The summed E-state index contributed by atoms with van der Waals surface area (Å²) in [5.41, 5.74) is 1.12. The molecule has 0 atom stereocenters. The van der Waals surface area contributed by atoms with Gasteiger partial charge in [0.25, 0.3) is 5.91 Å².